The highest BCUT2D eigenvalue weighted by Crippen LogP contribution is 2.31. The molecule has 2 rings (SSSR count). The molecule has 2 fully saturated rings. The number of aliphatic hydroxyl groups excluding tert-OH is 6. The monoisotopic (exact) mass is 354 g/mol. The molecular weight excluding hydrogens is 324 g/mol. The van der Waals surface area contributed by atoms with E-state index in [1.165, 1.54) is 0 Å². The third-order valence-corrected chi connectivity index (χ3v) is 4.69. The van der Waals surface area contributed by atoms with Crippen LogP contribution in [-0.2, 0) is 14.2 Å². The predicted octanol–water partition coefficient (Wildman–Crippen LogP) is -2.42. The summed E-state index contributed by atoms with van der Waals surface area (Å²) in [4.78, 5) is 0. The molecule has 2 aliphatic heterocycles. The molecule has 2 aliphatic rings. The van der Waals surface area contributed by atoms with Gasteiger partial charge in [-0.15, -0.1) is 0 Å². The zero-order chi connectivity index (χ0) is 17.3. The molecule has 9 heteroatoms. The third-order valence-electron chi connectivity index (χ3n) is 4.69. The standard InChI is InChI=1S/C14H26O9.CH4/c1-5-6(2)21-8(4-16)10(18)13(5)23-14-12(20)11(19)9(17)7(3-15)22-14;/h5-20H,3-4H2,1-2H3;1H4. The second kappa shape index (κ2) is 8.84. The molecule has 0 aromatic rings. The van der Waals surface area contributed by atoms with Crippen molar-refractivity contribution in [1.29, 1.82) is 0 Å². The average molecular weight is 354 g/mol. The van der Waals surface area contributed by atoms with Crippen molar-refractivity contribution in [3.63, 3.8) is 0 Å². The van der Waals surface area contributed by atoms with Gasteiger partial charge in [-0.05, 0) is 6.92 Å². The smallest absolute Gasteiger partial charge is 0.187 e. The Labute approximate surface area is 141 Å². The van der Waals surface area contributed by atoms with Gasteiger partial charge in [0.05, 0.1) is 25.4 Å². The lowest BCUT2D eigenvalue weighted by atomic mass is 9.88. The van der Waals surface area contributed by atoms with Crippen molar-refractivity contribution in [3.8, 4) is 0 Å². The maximum atomic E-state index is 10.3. The fourth-order valence-electron chi connectivity index (χ4n) is 2.96. The van der Waals surface area contributed by atoms with Gasteiger partial charge in [-0.2, -0.15) is 0 Å². The summed E-state index contributed by atoms with van der Waals surface area (Å²) in [7, 11) is 0. The summed E-state index contributed by atoms with van der Waals surface area (Å²) in [5.74, 6) is -0.278. The Bertz CT molecular complexity index is 380. The van der Waals surface area contributed by atoms with Crippen LogP contribution in [-0.4, -0.2) is 99.0 Å². The van der Waals surface area contributed by atoms with Crippen molar-refractivity contribution in [3.05, 3.63) is 0 Å². The fraction of sp³-hybridized carbons (Fsp3) is 1.00. The first-order valence-electron chi connectivity index (χ1n) is 7.72. The minimum atomic E-state index is -1.55. The number of aliphatic hydroxyl groups is 6. The van der Waals surface area contributed by atoms with Crippen molar-refractivity contribution in [2.24, 2.45) is 5.92 Å². The van der Waals surface area contributed by atoms with E-state index in [1.807, 2.05) is 0 Å². The van der Waals surface area contributed by atoms with Crippen LogP contribution in [0.1, 0.15) is 21.3 Å². The Morgan fingerprint density at radius 3 is 1.88 bits per heavy atom. The molecule has 0 amide bonds. The van der Waals surface area contributed by atoms with Crippen LogP contribution in [0.25, 0.3) is 0 Å². The molecule has 2 heterocycles. The lowest BCUT2D eigenvalue weighted by Crippen LogP contribution is -2.62. The van der Waals surface area contributed by atoms with Crippen molar-refractivity contribution < 1.29 is 44.8 Å². The van der Waals surface area contributed by atoms with Crippen LogP contribution < -0.4 is 0 Å². The van der Waals surface area contributed by atoms with E-state index in [2.05, 4.69) is 0 Å². The molecule has 2 saturated heterocycles. The lowest BCUT2D eigenvalue weighted by Gasteiger charge is -2.46. The fourth-order valence-corrected chi connectivity index (χ4v) is 2.96. The normalized spacial score (nSPS) is 49.5. The second-order valence-electron chi connectivity index (χ2n) is 6.21. The number of hydrogen-bond donors (Lipinski definition) is 6. The summed E-state index contributed by atoms with van der Waals surface area (Å²) in [5, 5.41) is 58.3. The minimum absolute atomic E-state index is 0. The molecule has 6 N–H and O–H groups in total. The molecule has 0 aliphatic carbocycles. The van der Waals surface area contributed by atoms with Crippen molar-refractivity contribution in [2.75, 3.05) is 13.2 Å². The van der Waals surface area contributed by atoms with E-state index >= 15 is 0 Å². The Morgan fingerprint density at radius 1 is 0.792 bits per heavy atom. The number of ether oxygens (including phenoxy) is 3. The molecule has 10 atom stereocenters. The summed E-state index contributed by atoms with van der Waals surface area (Å²) in [6, 6.07) is 0. The largest absolute Gasteiger partial charge is 0.394 e. The lowest BCUT2D eigenvalue weighted by molar-refractivity contribution is -0.335. The van der Waals surface area contributed by atoms with Gasteiger partial charge in [-0.3, -0.25) is 0 Å². The summed E-state index contributed by atoms with van der Waals surface area (Å²) in [6.07, 6.45) is -10.1. The number of rotatable bonds is 4. The van der Waals surface area contributed by atoms with E-state index in [0.29, 0.717) is 0 Å². The van der Waals surface area contributed by atoms with Crippen LogP contribution in [0.15, 0.2) is 0 Å². The van der Waals surface area contributed by atoms with Crippen molar-refractivity contribution in [1.82, 2.24) is 0 Å². The Kier molecular flexibility index (Phi) is 7.98. The van der Waals surface area contributed by atoms with E-state index in [9.17, 15) is 30.6 Å². The predicted molar refractivity (Wildman–Crippen MR) is 82.0 cm³/mol. The van der Waals surface area contributed by atoms with Gasteiger partial charge >= 0.3 is 0 Å². The molecular formula is C15H30O9. The van der Waals surface area contributed by atoms with Crippen LogP contribution in [0, 0.1) is 5.92 Å². The van der Waals surface area contributed by atoms with Gasteiger partial charge in [-0.1, -0.05) is 14.4 Å². The van der Waals surface area contributed by atoms with E-state index in [0.717, 1.165) is 0 Å². The van der Waals surface area contributed by atoms with Crippen LogP contribution in [0.3, 0.4) is 0 Å². The molecule has 144 valence electrons. The number of hydrogen-bond acceptors (Lipinski definition) is 9. The quantitative estimate of drug-likeness (QED) is 0.324. The third kappa shape index (κ3) is 4.06. The zero-order valence-electron chi connectivity index (χ0n) is 13.1. The molecule has 0 saturated carbocycles. The van der Waals surface area contributed by atoms with Crippen LogP contribution in [0.2, 0.25) is 0 Å². The van der Waals surface area contributed by atoms with Crippen molar-refractivity contribution >= 4 is 0 Å². The van der Waals surface area contributed by atoms with Gasteiger partial charge in [0.2, 0.25) is 0 Å². The molecule has 0 radical (unpaired) electrons. The molecule has 0 bridgehead atoms. The van der Waals surface area contributed by atoms with E-state index in [1.54, 1.807) is 13.8 Å². The average Bonchev–Trinajstić information content (AvgIpc) is 2.54. The SMILES string of the molecule is C.CC1OC(CO)C(O)C(OC2OC(CO)C(O)C(O)C2O)C1C. The van der Waals surface area contributed by atoms with Crippen LogP contribution in [0.4, 0.5) is 0 Å². The van der Waals surface area contributed by atoms with Gasteiger partial charge in [0.15, 0.2) is 6.29 Å². The van der Waals surface area contributed by atoms with Gasteiger partial charge in [0.25, 0.3) is 0 Å². The molecule has 0 spiro atoms. The summed E-state index contributed by atoms with van der Waals surface area (Å²) in [5.41, 5.74) is 0. The van der Waals surface area contributed by atoms with Crippen LogP contribution in [0.5, 0.6) is 0 Å². The van der Waals surface area contributed by atoms with Gasteiger partial charge in [0, 0.05) is 5.92 Å². The maximum absolute atomic E-state index is 10.3. The first kappa shape index (κ1) is 21.7. The summed E-state index contributed by atoms with van der Waals surface area (Å²) >= 11 is 0. The van der Waals surface area contributed by atoms with E-state index in [-0.39, 0.29) is 19.4 Å². The minimum Gasteiger partial charge on any atom is -0.394 e. The highest BCUT2D eigenvalue weighted by Gasteiger charge is 2.48. The molecule has 0 aromatic heterocycles. The maximum Gasteiger partial charge on any atom is 0.187 e. The van der Waals surface area contributed by atoms with E-state index in [4.69, 9.17) is 14.2 Å². The van der Waals surface area contributed by atoms with Crippen LogP contribution >= 0.6 is 0 Å². The highest BCUT2D eigenvalue weighted by molar-refractivity contribution is 4.93. The first-order valence-corrected chi connectivity index (χ1v) is 7.72. The first-order chi connectivity index (χ1) is 10.8. The Balaban J connectivity index is 0.00000288. The topological polar surface area (TPSA) is 149 Å². The Hall–Kier alpha value is -0.360. The molecule has 0 aromatic carbocycles. The van der Waals surface area contributed by atoms with Crippen molar-refractivity contribution in [2.45, 2.75) is 76.4 Å². The zero-order valence-corrected chi connectivity index (χ0v) is 13.1. The van der Waals surface area contributed by atoms with E-state index < -0.39 is 62.2 Å². The highest BCUT2D eigenvalue weighted by atomic mass is 16.7. The molecule has 9 nitrogen and oxygen atoms in total. The molecule has 24 heavy (non-hydrogen) atoms. The van der Waals surface area contributed by atoms with Gasteiger partial charge in [0.1, 0.15) is 36.6 Å². The Morgan fingerprint density at radius 2 is 1.33 bits per heavy atom. The second-order valence-corrected chi connectivity index (χ2v) is 6.21. The van der Waals surface area contributed by atoms with Gasteiger partial charge in [-0.25, -0.2) is 0 Å². The summed E-state index contributed by atoms with van der Waals surface area (Å²) < 4.78 is 16.4. The molecule has 10 unspecified atom stereocenters. The van der Waals surface area contributed by atoms with Gasteiger partial charge < -0.3 is 44.8 Å². The summed E-state index contributed by atoms with van der Waals surface area (Å²) in [6.45, 7) is 2.58.